The van der Waals surface area contributed by atoms with Gasteiger partial charge in [0.15, 0.2) is 5.78 Å². The normalized spacial score (nSPS) is 27.1. The fourth-order valence-electron chi connectivity index (χ4n) is 3.15. The number of ether oxygens (including phenoxy) is 1. The molecule has 1 saturated heterocycles. The maximum absolute atomic E-state index is 13.0. The molecule has 20 heavy (non-hydrogen) atoms. The molecular formula is C16H20BrNO2. The van der Waals surface area contributed by atoms with Crippen LogP contribution in [0.25, 0.3) is 0 Å². The largest absolute Gasteiger partial charge is 0.490 e. The highest BCUT2D eigenvalue weighted by Crippen LogP contribution is 2.36. The molecule has 108 valence electrons. The van der Waals surface area contributed by atoms with Crippen LogP contribution < -0.4 is 4.74 Å². The molecule has 0 aliphatic carbocycles. The van der Waals surface area contributed by atoms with Crippen LogP contribution in [0.15, 0.2) is 16.6 Å². The number of carbonyl (C=O) groups excluding carboxylic acids is 1. The van der Waals surface area contributed by atoms with E-state index in [4.69, 9.17) is 4.74 Å². The summed E-state index contributed by atoms with van der Waals surface area (Å²) in [6.07, 6.45) is 3.61. The second kappa shape index (κ2) is 5.15. The first-order valence-electron chi connectivity index (χ1n) is 7.25. The fourth-order valence-corrected chi connectivity index (χ4v) is 3.49. The lowest BCUT2D eigenvalue weighted by atomic mass is 9.85. The maximum atomic E-state index is 13.0. The van der Waals surface area contributed by atoms with Crippen molar-refractivity contribution >= 4 is 21.7 Å². The molecular weight excluding hydrogens is 318 g/mol. The van der Waals surface area contributed by atoms with Crippen molar-refractivity contribution in [3.05, 3.63) is 27.7 Å². The van der Waals surface area contributed by atoms with Crippen LogP contribution >= 0.6 is 15.9 Å². The van der Waals surface area contributed by atoms with Crippen molar-refractivity contribution < 1.29 is 9.53 Å². The Bertz CT molecular complexity index is 552. The van der Waals surface area contributed by atoms with Crippen LogP contribution in [-0.4, -0.2) is 35.9 Å². The molecule has 0 N–H and O–H groups in total. The summed E-state index contributed by atoms with van der Waals surface area (Å²) in [7, 11) is 0. The summed E-state index contributed by atoms with van der Waals surface area (Å²) in [5.74, 6) is 0.923. The first-order chi connectivity index (χ1) is 9.52. The number of hydrogen-bond acceptors (Lipinski definition) is 3. The van der Waals surface area contributed by atoms with Crippen molar-refractivity contribution in [2.75, 3.05) is 19.7 Å². The van der Waals surface area contributed by atoms with E-state index in [1.54, 1.807) is 0 Å². The zero-order valence-corrected chi connectivity index (χ0v) is 13.6. The highest BCUT2D eigenvalue weighted by atomic mass is 79.9. The molecule has 1 fully saturated rings. The van der Waals surface area contributed by atoms with Crippen molar-refractivity contribution in [1.82, 2.24) is 4.90 Å². The van der Waals surface area contributed by atoms with Gasteiger partial charge in [-0.05, 0) is 57.5 Å². The fraction of sp³-hybridized carbons (Fsp3) is 0.562. The van der Waals surface area contributed by atoms with Crippen molar-refractivity contribution in [2.24, 2.45) is 0 Å². The van der Waals surface area contributed by atoms with Gasteiger partial charge in [-0.25, -0.2) is 0 Å². The summed E-state index contributed by atoms with van der Waals surface area (Å²) in [5.41, 5.74) is 1.29. The SMILES string of the molecule is Cc1cc2c(cc1Br)C(=O)[C@@](C)(N1CCCCC1)CO2. The summed E-state index contributed by atoms with van der Waals surface area (Å²) in [5, 5.41) is 0. The average molecular weight is 338 g/mol. The van der Waals surface area contributed by atoms with Crippen LogP contribution in [-0.2, 0) is 0 Å². The predicted octanol–water partition coefficient (Wildman–Crippen LogP) is 3.58. The number of rotatable bonds is 1. The Morgan fingerprint density at radius 2 is 1.95 bits per heavy atom. The lowest BCUT2D eigenvalue weighted by Crippen LogP contribution is -2.59. The molecule has 0 saturated carbocycles. The number of fused-ring (bicyclic) bond motifs is 1. The summed E-state index contributed by atoms with van der Waals surface area (Å²) in [6, 6.07) is 3.86. The minimum absolute atomic E-state index is 0.196. The number of benzene rings is 1. The smallest absolute Gasteiger partial charge is 0.190 e. The average Bonchev–Trinajstić information content (AvgIpc) is 2.46. The van der Waals surface area contributed by atoms with Crippen LogP contribution in [0.1, 0.15) is 42.1 Å². The van der Waals surface area contributed by atoms with Crippen LogP contribution in [0.2, 0.25) is 0 Å². The minimum Gasteiger partial charge on any atom is -0.490 e. The number of piperidine rings is 1. The Labute approximate surface area is 128 Å². The molecule has 2 heterocycles. The quantitative estimate of drug-likeness (QED) is 0.784. The number of halogens is 1. The molecule has 0 bridgehead atoms. The highest BCUT2D eigenvalue weighted by molar-refractivity contribution is 9.10. The van der Waals surface area contributed by atoms with Gasteiger partial charge in [-0.1, -0.05) is 22.4 Å². The third-order valence-corrected chi connectivity index (χ3v) is 5.41. The van der Waals surface area contributed by atoms with E-state index in [1.165, 1.54) is 19.3 Å². The minimum atomic E-state index is -0.512. The van der Waals surface area contributed by atoms with E-state index in [0.717, 1.165) is 28.9 Å². The molecule has 3 nitrogen and oxygen atoms in total. The predicted molar refractivity (Wildman–Crippen MR) is 82.5 cm³/mol. The number of hydrogen-bond donors (Lipinski definition) is 0. The van der Waals surface area contributed by atoms with E-state index >= 15 is 0 Å². The van der Waals surface area contributed by atoms with Gasteiger partial charge in [0, 0.05) is 4.47 Å². The van der Waals surface area contributed by atoms with Crippen LogP contribution in [0.3, 0.4) is 0 Å². The van der Waals surface area contributed by atoms with Gasteiger partial charge in [0.05, 0.1) is 5.56 Å². The first-order valence-corrected chi connectivity index (χ1v) is 8.04. The number of carbonyl (C=O) groups is 1. The molecule has 0 unspecified atom stereocenters. The van der Waals surface area contributed by atoms with Gasteiger partial charge >= 0.3 is 0 Å². The van der Waals surface area contributed by atoms with Crippen molar-refractivity contribution in [3.63, 3.8) is 0 Å². The highest BCUT2D eigenvalue weighted by Gasteiger charge is 2.45. The summed E-state index contributed by atoms with van der Waals surface area (Å²) >= 11 is 3.51. The zero-order chi connectivity index (χ0) is 14.3. The van der Waals surface area contributed by atoms with Crippen LogP contribution in [0.4, 0.5) is 0 Å². The van der Waals surface area contributed by atoms with E-state index in [9.17, 15) is 4.79 Å². The Hall–Kier alpha value is -0.870. The van der Waals surface area contributed by atoms with Gasteiger partial charge in [-0.15, -0.1) is 0 Å². The molecule has 0 spiro atoms. The lowest BCUT2D eigenvalue weighted by molar-refractivity contribution is 0.0251. The molecule has 0 radical (unpaired) electrons. The van der Waals surface area contributed by atoms with Gasteiger partial charge < -0.3 is 4.74 Å². The maximum Gasteiger partial charge on any atom is 0.190 e. The topological polar surface area (TPSA) is 29.5 Å². The van der Waals surface area contributed by atoms with Gasteiger partial charge in [0.1, 0.15) is 17.9 Å². The van der Waals surface area contributed by atoms with Crippen molar-refractivity contribution in [1.29, 1.82) is 0 Å². The molecule has 1 aromatic rings. The number of aryl methyl sites for hydroxylation is 1. The molecule has 2 aliphatic rings. The Balaban J connectivity index is 1.97. The molecule has 0 aromatic heterocycles. The third-order valence-electron chi connectivity index (χ3n) is 4.56. The molecule has 4 heteroatoms. The summed E-state index contributed by atoms with van der Waals surface area (Å²) in [4.78, 5) is 15.3. The molecule has 1 atom stereocenters. The number of ketones is 1. The first kappa shape index (κ1) is 14.1. The van der Waals surface area contributed by atoms with Gasteiger partial charge in [-0.3, -0.25) is 9.69 Å². The van der Waals surface area contributed by atoms with E-state index in [-0.39, 0.29) is 5.78 Å². The molecule has 0 amide bonds. The van der Waals surface area contributed by atoms with E-state index < -0.39 is 5.54 Å². The number of nitrogens with zero attached hydrogens (tertiary/aromatic N) is 1. The number of likely N-dealkylation sites (tertiary alicyclic amines) is 1. The van der Waals surface area contributed by atoms with Gasteiger partial charge in [0.25, 0.3) is 0 Å². The Morgan fingerprint density at radius 3 is 2.65 bits per heavy atom. The van der Waals surface area contributed by atoms with E-state index in [1.807, 2.05) is 26.0 Å². The number of Topliss-reactive ketones (excluding diaryl/α,β-unsaturated/α-hetero) is 1. The van der Waals surface area contributed by atoms with Crippen LogP contribution in [0, 0.1) is 6.92 Å². The second-order valence-corrected chi connectivity index (χ2v) is 6.89. The van der Waals surface area contributed by atoms with Crippen LogP contribution in [0.5, 0.6) is 5.75 Å². The standard InChI is InChI=1S/C16H20BrNO2/c1-11-8-14-12(9-13(11)17)15(19)16(2,10-20-14)18-6-4-3-5-7-18/h8-9H,3-7,10H2,1-2H3/t16-/m0/s1. The molecule has 1 aromatic carbocycles. The summed E-state index contributed by atoms with van der Waals surface area (Å²) < 4.78 is 6.88. The summed E-state index contributed by atoms with van der Waals surface area (Å²) in [6.45, 7) is 6.48. The molecule has 2 aliphatic heterocycles. The van der Waals surface area contributed by atoms with Crippen molar-refractivity contribution in [3.8, 4) is 5.75 Å². The third kappa shape index (κ3) is 2.19. The van der Waals surface area contributed by atoms with Gasteiger partial charge in [0.2, 0.25) is 0 Å². The lowest BCUT2D eigenvalue weighted by Gasteiger charge is -2.44. The Morgan fingerprint density at radius 1 is 1.25 bits per heavy atom. The zero-order valence-electron chi connectivity index (χ0n) is 12.0. The Kier molecular flexibility index (Phi) is 3.63. The second-order valence-electron chi connectivity index (χ2n) is 6.04. The van der Waals surface area contributed by atoms with E-state index in [0.29, 0.717) is 12.2 Å². The molecule has 3 rings (SSSR count). The monoisotopic (exact) mass is 337 g/mol. The van der Waals surface area contributed by atoms with Gasteiger partial charge in [-0.2, -0.15) is 0 Å². The van der Waals surface area contributed by atoms with Crippen molar-refractivity contribution in [2.45, 2.75) is 38.6 Å². The van der Waals surface area contributed by atoms with E-state index in [2.05, 4.69) is 20.8 Å².